The van der Waals surface area contributed by atoms with Crippen molar-refractivity contribution in [2.24, 2.45) is 17.4 Å². The Bertz CT molecular complexity index is 349. The smallest absolute Gasteiger partial charge is 0.237 e. The van der Waals surface area contributed by atoms with Crippen LogP contribution in [0.1, 0.15) is 38.5 Å². The van der Waals surface area contributed by atoms with E-state index in [-0.39, 0.29) is 11.8 Å². The first-order chi connectivity index (χ1) is 9.43. The fraction of sp³-hybridized carbons (Fsp3) is 0.933. The van der Waals surface area contributed by atoms with Gasteiger partial charge in [0.15, 0.2) is 0 Å². The molecule has 3 unspecified atom stereocenters. The van der Waals surface area contributed by atoms with Crippen molar-refractivity contribution in [2.75, 3.05) is 33.7 Å². The highest BCUT2D eigenvalue weighted by Crippen LogP contribution is 2.36. The largest absolute Gasteiger partial charge is 0.368 e. The molecule has 2 rings (SSSR count). The third kappa shape index (κ3) is 3.32. The number of carbonyl (C=O) groups is 1. The Hall–Kier alpha value is -0.650. The molecule has 3 atom stereocenters. The number of hydrogen-bond acceptors (Lipinski definition) is 4. The first kappa shape index (κ1) is 15.7. The molecule has 0 radical (unpaired) electrons. The van der Waals surface area contributed by atoms with Gasteiger partial charge in [-0.3, -0.25) is 4.79 Å². The molecule has 0 aromatic carbocycles. The molecule has 5 nitrogen and oxygen atoms in total. The van der Waals surface area contributed by atoms with E-state index >= 15 is 0 Å². The van der Waals surface area contributed by atoms with Gasteiger partial charge in [-0.2, -0.15) is 0 Å². The summed E-state index contributed by atoms with van der Waals surface area (Å²) in [7, 11) is 4.39. The predicted molar refractivity (Wildman–Crippen MR) is 81.2 cm³/mol. The number of rotatable bonds is 5. The quantitative estimate of drug-likeness (QED) is 0.764. The van der Waals surface area contributed by atoms with E-state index in [4.69, 9.17) is 11.5 Å². The van der Waals surface area contributed by atoms with Crippen molar-refractivity contribution >= 4 is 5.91 Å². The van der Waals surface area contributed by atoms with Crippen LogP contribution in [0, 0.1) is 5.92 Å². The molecular weight excluding hydrogens is 252 g/mol. The Kier molecular flexibility index (Phi) is 5.04. The molecule has 1 heterocycles. The molecule has 1 saturated carbocycles. The van der Waals surface area contributed by atoms with Crippen LogP contribution in [0.5, 0.6) is 0 Å². The maximum absolute atomic E-state index is 11.6. The van der Waals surface area contributed by atoms with Crippen LogP contribution in [0.4, 0.5) is 0 Å². The molecule has 1 amide bonds. The van der Waals surface area contributed by atoms with E-state index in [1.807, 2.05) is 0 Å². The van der Waals surface area contributed by atoms with Crippen molar-refractivity contribution in [2.45, 2.75) is 50.1 Å². The van der Waals surface area contributed by atoms with Crippen LogP contribution in [-0.4, -0.2) is 61.0 Å². The Labute approximate surface area is 122 Å². The molecule has 1 aliphatic heterocycles. The van der Waals surface area contributed by atoms with E-state index < -0.39 is 5.54 Å². The van der Waals surface area contributed by atoms with E-state index in [9.17, 15) is 4.79 Å². The Balaban J connectivity index is 1.83. The number of amides is 1. The summed E-state index contributed by atoms with van der Waals surface area (Å²) in [5, 5.41) is 0. The molecule has 0 bridgehead atoms. The molecule has 116 valence electrons. The van der Waals surface area contributed by atoms with Crippen LogP contribution in [0.2, 0.25) is 0 Å². The normalized spacial score (nSPS) is 35.6. The first-order valence-electron chi connectivity index (χ1n) is 7.91. The topological polar surface area (TPSA) is 75.6 Å². The Morgan fingerprint density at radius 1 is 1.40 bits per heavy atom. The summed E-state index contributed by atoms with van der Waals surface area (Å²) in [6.45, 7) is 3.36. The van der Waals surface area contributed by atoms with Crippen LogP contribution in [0.25, 0.3) is 0 Å². The molecule has 0 aromatic rings. The molecule has 0 aromatic heterocycles. The summed E-state index contributed by atoms with van der Waals surface area (Å²) < 4.78 is 0. The standard InChI is InChI=1S/C15H30N4O/c1-18-9-4-6-13(11-18)19(2)10-7-12-5-3-8-15(12,17)14(16)20/h12-13H,3-11,17H2,1-2H3,(H2,16,20). The van der Waals surface area contributed by atoms with Crippen LogP contribution in [0.15, 0.2) is 0 Å². The van der Waals surface area contributed by atoms with Crippen molar-refractivity contribution in [3.05, 3.63) is 0 Å². The van der Waals surface area contributed by atoms with Gasteiger partial charge in [0.1, 0.15) is 0 Å². The van der Waals surface area contributed by atoms with Crippen LogP contribution in [-0.2, 0) is 4.79 Å². The second kappa shape index (κ2) is 6.41. The number of nitrogens with two attached hydrogens (primary N) is 2. The van der Waals surface area contributed by atoms with Gasteiger partial charge in [0, 0.05) is 12.6 Å². The summed E-state index contributed by atoms with van der Waals surface area (Å²) in [6.07, 6.45) is 6.35. The summed E-state index contributed by atoms with van der Waals surface area (Å²) in [5.41, 5.74) is 11.0. The maximum Gasteiger partial charge on any atom is 0.237 e. The average Bonchev–Trinajstić information content (AvgIpc) is 2.79. The third-order valence-corrected chi connectivity index (χ3v) is 5.38. The molecule has 1 aliphatic carbocycles. The lowest BCUT2D eigenvalue weighted by atomic mass is 9.84. The van der Waals surface area contributed by atoms with E-state index in [0.29, 0.717) is 6.04 Å². The van der Waals surface area contributed by atoms with Crippen LogP contribution < -0.4 is 11.5 Å². The van der Waals surface area contributed by atoms with E-state index in [0.717, 1.165) is 38.8 Å². The number of hydrogen-bond donors (Lipinski definition) is 2. The number of nitrogens with zero attached hydrogens (tertiary/aromatic N) is 2. The first-order valence-corrected chi connectivity index (χ1v) is 7.91. The molecule has 0 spiro atoms. The predicted octanol–water partition coefficient (Wildman–Crippen LogP) is 0.385. The fourth-order valence-electron chi connectivity index (χ4n) is 3.87. The zero-order valence-electron chi connectivity index (χ0n) is 13.0. The van der Waals surface area contributed by atoms with Gasteiger partial charge in [0.2, 0.25) is 5.91 Å². The molecule has 1 saturated heterocycles. The minimum Gasteiger partial charge on any atom is -0.368 e. The van der Waals surface area contributed by atoms with E-state index in [1.165, 1.54) is 19.4 Å². The number of likely N-dealkylation sites (tertiary alicyclic amines) is 1. The van der Waals surface area contributed by atoms with Crippen molar-refractivity contribution in [1.29, 1.82) is 0 Å². The third-order valence-electron chi connectivity index (χ3n) is 5.38. The summed E-state index contributed by atoms with van der Waals surface area (Å²) in [5.74, 6) is -0.0659. The second-order valence-corrected chi connectivity index (χ2v) is 6.82. The maximum atomic E-state index is 11.6. The van der Waals surface area contributed by atoms with Crippen molar-refractivity contribution in [1.82, 2.24) is 9.80 Å². The van der Waals surface area contributed by atoms with E-state index in [2.05, 4.69) is 23.9 Å². The molecular formula is C15H30N4O. The lowest BCUT2D eigenvalue weighted by molar-refractivity contribution is -0.124. The molecule has 2 aliphatic rings. The van der Waals surface area contributed by atoms with Crippen molar-refractivity contribution < 1.29 is 4.79 Å². The minimum absolute atomic E-state index is 0.253. The van der Waals surface area contributed by atoms with Gasteiger partial charge in [-0.05, 0) is 65.2 Å². The lowest BCUT2D eigenvalue weighted by Gasteiger charge is -2.37. The van der Waals surface area contributed by atoms with Gasteiger partial charge >= 0.3 is 0 Å². The van der Waals surface area contributed by atoms with Gasteiger partial charge in [0.05, 0.1) is 5.54 Å². The fourth-order valence-corrected chi connectivity index (χ4v) is 3.87. The van der Waals surface area contributed by atoms with Crippen LogP contribution >= 0.6 is 0 Å². The molecule has 5 heteroatoms. The van der Waals surface area contributed by atoms with Gasteiger partial charge < -0.3 is 21.3 Å². The van der Waals surface area contributed by atoms with Crippen molar-refractivity contribution in [3.8, 4) is 0 Å². The zero-order valence-corrected chi connectivity index (χ0v) is 13.0. The van der Waals surface area contributed by atoms with Crippen molar-refractivity contribution in [3.63, 3.8) is 0 Å². The average molecular weight is 282 g/mol. The highest BCUT2D eigenvalue weighted by atomic mass is 16.1. The van der Waals surface area contributed by atoms with Gasteiger partial charge in [-0.15, -0.1) is 0 Å². The summed E-state index contributed by atoms with van der Waals surface area (Å²) in [4.78, 5) is 16.4. The second-order valence-electron chi connectivity index (χ2n) is 6.82. The Morgan fingerprint density at radius 3 is 2.80 bits per heavy atom. The van der Waals surface area contributed by atoms with Crippen LogP contribution in [0.3, 0.4) is 0 Å². The lowest BCUT2D eigenvalue weighted by Crippen LogP contribution is -2.55. The SMILES string of the molecule is CN1CCCC(N(C)CCC2CCCC2(N)C(N)=O)C1. The van der Waals surface area contributed by atoms with Gasteiger partial charge in [0.25, 0.3) is 0 Å². The van der Waals surface area contributed by atoms with E-state index in [1.54, 1.807) is 0 Å². The highest BCUT2D eigenvalue weighted by Gasteiger charge is 2.44. The molecule has 4 N–H and O–H groups in total. The minimum atomic E-state index is -0.760. The summed E-state index contributed by atoms with van der Waals surface area (Å²) in [6, 6.07) is 0.635. The van der Waals surface area contributed by atoms with Gasteiger partial charge in [-0.1, -0.05) is 6.42 Å². The van der Waals surface area contributed by atoms with Gasteiger partial charge in [-0.25, -0.2) is 0 Å². The monoisotopic (exact) mass is 282 g/mol. The number of piperidine rings is 1. The molecule has 2 fully saturated rings. The number of carbonyl (C=O) groups excluding carboxylic acids is 1. The number of primary amides is 1. The summed E-state index contributed by atoms with van der Waals surface area (Å²) >= 11 is 0. The zero-order chi connectivity index (χ0) is 14.8. The number of likely N-dealkylation sites (N-methyl/N-ethyl adjacent to an activating group) is 2. The molecule has 20 heavy (non-hydrogen) atoms. The Morgan fingerprint density at radius 2 is 2.15 bits per heavy atom. The highest BCUT2D eigenvalue weighted by molar-refractivity contribution is 5.85.